The van der Waals surface area contributed by atoms with Gasteiger partial charge >= 0.3 is 0 Å². The summed E-state index contributed by atoms with van der Waals surface area (Å²) in [5.74, 6) is 1.58. The van der Waals surface area contributed by atoms with Crippen molar-refractivity contribution in [3.63, 3.8) is 0 Å². The predicted octanol–water partition coefficient (Wildman–Crippen LogP) is 3.12. The second-order valence-electron chi connectivity index (χ2n) is 4.92. The molecular weight excluding hydrogens is 252 g/mol. The topological polar surface area (TPSA) is 44.1 Å². The van der Waals surface area contributed by atoms with Crippen LogP contribution in [-0.2, 0) is 13.0 Å². The fraction of sp³-hybridized carbons (Fsp3) is 0.375. The Balaban J connectivity index is 2.13. The molecule has 0 aliphatic heterocycles. The molecule has 0 bridgehead atoms. The summed E-state index contributed by atoms with van der Waals surface area (Å²) in [6.07, 6.45) is 4.02. The van der Waals surface area contributed by atoms with E-state index in [4.69, 9.17) is 4.74 Å². The fourth-order valence-corrected chi connectivity index (χ4v) is 2.06. The molecule has 0 saturated carbocycles. The molecule has 0 N–H and O–H groups in total. The van der Waals surface area contributed by atoms with E-state index in [9.17, 15) is 4.79 Å². The quantitative estimate of drug-likeness (QED) is 0.759. The Hall–Kier alpha value is -2.10. The van der Waals surface area contributed by atoms with Crippen molar-refractivity contribution in [2.75, 3.05) is 0 Å². The highest BCUT2D eigenvalue weighted by Gasteiger charge is 2.12. The number of nitrogens with zero attached hydrogens (tertiary/aromatic N) is 2. The molecule has 0 amide bonds. The summed E-state index contributed by atoms with van der Waals surface area (Å²) in [7, 11) is 0. The molecule has 2 aromatic rings. The van der Waals surface area contributed by atoms with Crippen LogP contribution in [-0.4, -0.2) is 21.4 Å². The van der Waals surface area contributed by atoms with Gasteiger partial charge in [-0.1, -0.05) is 12.1 Å². The molecule has 4 nitrogen and oxygen atoms in total. The minimum atomic E-state index is 0.0557. The number of carbonyl (C=O) groups is 1. The SMILES string of the molecule is CCn1ccnc1CC(=O)c1cccc(OC(C)C)c1. The average molecular weight is 272 g/mol. The van der Waals surface area contributed by atoms with E-state index in [1.54, 1.807) is 12.3 Å². The van der Waals surface area contributed by atoms with Gasteiger partial charge in [0.05, 0.1) is 12.5 Å². The van der Waals surface area contributed by atoms with Crippen LogP contribution in [0.15, 0.2) is 36.7 Å². The van der Waals surface area contributed by atoms with E-state index in [0.717, 1.165) is 18.1 Å². The van der Waals surface area contributed by atoms with Gasteiger partial charge in [0, 0.05) is 24.5 Å². The third-order valence-corrected chi connectivity index (χ3v) is 2.99. The fourth-order valence-electron chi connectivity index (χ4n) is 2.06. The van der Waals surface area contributed by atoms with Gasteiger partial charge in [-0.25, -0.2) is 4.98 Å². The molecule has 20 heavy (non-hydrogen) atoms. The lowest BCUT2D eigenvalue weighted by atomic mass is 10.1. The molecule has 0 aliphatic carbocycles. The Morgan fingerprint density at radius 3 is 2.90 bits per heavy atom. The van der Waals surface area contributed by atoms with Gasteiger partial charge in [-0.05, 0) is 32.9 Å². The molecule has 0 unspecified atom stereocenters. The van der Waals surface area contributed by atoms with Crippen LogP contribution >= 0.6 is 0 Å². The number of ether oxygens (including phenoxy) is 1. The van der Waals surface area contributed by atoms with Crippen molar-refractivity contribution < 1.29 is 9.53 Å². The maximum absolute atomic E-state index is 12.3. The zero-order valence-corrected chi connectivity index (χ0v) is 12.2. The zero-order valence-electron chi connectivity index (χ0n) is 12.2. The molecule has 0 radical (unpaired) electrons. The van der Waals surface area contributed by atoms with Gasteiger partial charge in [-0.15, -0.1) is 0 Å². The second kappa shape index (κ2) is 6.37. The molecule has 2 rings (SSSR count). The van der Waals surface area contributed by atoms with Crippen molar-refractivity contribution >= 4 is 5.78 Å². The molecule has 106 valence electrons. The van der Waals surface area contributed by atoms with Crippen molar-refractivity contribution in [1.82, 2.24) is 9.55 Å². The van der Waals surface area contributed by atoms with Crippen LogP contribution in [0.4, 0.5) is 0 Å². The Morgan fingerprint density at radius 2 is 2.20 bits per heavy atom. The summed E-state index contributed by atoms with van der Waals surface area (Å²) in [5.41, 5.74) is 0.661. The maximum atomic E-state index is 12.3. The summed E-state index contributed by atoms with van der Waals surface area (Å²) in [6, 6.07) is 7.32. The van der Waals surface area contributed by atoms with Crippen molar-refractivity contribution in [3.05, 3.63) is 48.0 Å². The van der Waals surface area contributed by atoms with Crippen molar-refractivity contribution in [2.45, 2.75) is 39.8 Å². The second-order valence-corrected chi connectivity index (χ2v) is 4.92. The van der Waals surface area contributed by atoms with E-state index in [0.29, 0.717) is 12.0 Å². The van der Waals surface area contributed by atoms with Crippen LogP contribution in [0.3, 0.4) is 0 Å². The molecule has 0 aliphatic rings. The van der Waals surface area contributed by atoms with Gasteiger partial charge in [0.25, 0.3) is 0 Å². The molecule has 0 fully saturated rings. The number of ketones is 1. The van der Waals surface area contributed by atoms with E-state index in [-0.39, 0.29) is 11.9 Å². The van der Waals surface area contributed by atoms with Crippen LogP contribution in [0.25, 0.3) is 0 Å². The van der Waals surface area contributed by atoms with Crippen LogP contribution in [0.5, 0.6) is 5.75 Å². The first-order valence-corrected chi connectivity index (χ1v) is 6.90. The van der Waals surface area contributed by atoms with Crippen molar-refractivity contribution in [3.8, 4) is 5.75 Å². The molecule has 1 aromatic heterocycles. The minimum absolute atomic E-state index is 0.0557. The number of rotatable bonds is 6. The Morgan fingerprint density at radius 1 is 1.40 bits per heavy atom. The third kappa shape index (κ3) is 3.47. The average Bonchev–Trinajstić information content (AvgIpc) is 2.85. The molecule has 0 atom stereocenters. The van der Waals surface area contributed by atoms with E-state index < -0.39 is 0 Å². The number of imidazole rings is 1. The monoisotopic (exact) mass is 272 g/mol. The molecule has 1 heterocycles. The van der Waals surface area contributed by atoms with E-state index in [2.05, 4.69) is 4.98 Å². The zero-order chi connectivity index (χ0) is 14.5. The summed E-state index contributed by atoms with van der Waals surface area (Å²) in [4.78, 5) is 16.5. The Bertz CT molecular complexity index is 588. The highest BCUT2D eigenvalue weighted by Crippen LogP contribution is 2.16. The van der Waals surface area contributed by atoms with Gasteiger partial charge in [-0.2, -0.15) is 0 Å². The van der Waals surface area contributed by atoms with E-state index in [1.165, 1.54) is 0 Å². The van der Waals surface area contributed by atoms with E-state index >= 15 is 0 Å². The van der Waals surface area contributed by atoms with Gasteiger partial charge < -0.3 is 9.30 Å². The normalized spacial score (nSPS) is 10.8. The highest BCUT2D eigenvalue weighted by molar-refractivity contribution is 5.97. The number of benzene rings is 1. The van der Waals surface area contributed by atoms with Crippen molar-refractivity contribution in [2.24, 2.45) is 0 Å². The summed E-state index contributed by atoms with van der Waals surface area (Å²) in [5, 5.41) is 0. The predicted molar refractivity (Wildman–Crippen MR) is 78.1 cm³/mol. The number of aromatic nitrogens is 2. The van der Waals surface area contributed by atoms with Crippen LogP contribution in [0.2, 0.25) is 0 Å². The first-order valence-electron chi connectivity index (χ1n) is 6.90. The molecular formula is C16H20N2O2. The Kier molecular flexibility index (Phi) is 4.56. The summed E-state index contributed by atoms with van der Waals surface area (Å²) in [6.45, 7) is 6.78. The van der Waals surface area contributed by atoms with Gasteiger partial charge in [0.15, 0.2) is 5.78 Å². The summed E-state index contributed by atoms with van der Waals surface area (Å²) >= 11 is 0. The molecule has 0 saturated heterocycles. The maximum Gasteiger partial charge on any atom is 0.170 e. The largest absolute Gasteiger partial charge is 0.491 e. The smallest absolute Gasteiger partial charge is 0.170 e. The number of carbonyl (C=O) groups excluding carboxylic acids is 1. The first kappa shape index (κ1) is 14.3. The lowest BCUT2D eigenvalue weighted by Gasteiger charge is -2.10. The third-order valence-electron chi connectivity index (χ3n) is 2.99. The van der Waals surface area contributed by atoms with Gasteiger partial charge in [-0.3, -0.25) is 4.79 Å². The number of hydrogen-bond donors (Lipinski definition) is 0. The van der Waals surface area contributed by atoms with Crippen LogP contribution in [0, 0.1) is 0 Å². The Labute approximate surface area is 119 Å². The number of aryl methyl sites for hydroxylation is 1. The first-order chi connectivity index (χ1) is 9.60. The molecule has 0 spiro atoms. The van der Waals surface area contributed by atoms with Crippen LogP contribution in [0.1, 0.15) is 37.0 Å². The van der Waals surface area contributed by atoms with Gasteiger partial charge in [0.1, 0.15) is 11.6 Å². The van der Waals surface area contributed by atoms with Crippen LogP contribution < -0.4 is 4.74 Å². The minimum Gasteiger partial charge on any atom is -0.491 e. The lowest BCUT2D eigenvalue weighted by Crippen LogP contribution is -2.10. The number of hydrogen-bond acceptors (Lipinski definition) is 3. The molecule has 1 aromatic carbocycles. The number of Topliss-reactive ketones (excluding diaryl/α,β-unsaturated/α-hetero) is 1. The summed E-state index contributed by atoms with van der Waals surface area (Å²) < 4.78 is 7.59. The van der Waals surface area contributed by atoms with E-state index in [1.807, 2.05) is 49.7 Å². The van der Waals surface area contributed by atoms with Gasteiger partial charge in [0.2, 0.25) is 0 Å². The molecule has 4 heteroatoms. The highest BCUT2D eigenvalue weighted by atomic mass is 16.5. The van der Waals surface area contributed by atoms with Crippen molar-refractivity contribution in [1.29, 1.82) is 0 Å². The lowest BCUT2D eigenvalue weighted by molar-refractivity contribution is 0.0989. The standard InChI is InChI=1S/C16H20N2O2/c1-4-18-9-8-17-16(18)11-15(19)13-6-5-7-14(10-13)20-12(2)3/h5-10,12H,4,11H2,1-3H3.